The molecule has 0 saturated carbocycles. The third kappa shape index (κ3) is 1.93. The van der Waals surface area contributed by atoms with Gasteiger partial charge in [0.1, 0.15) is 17.3 Å². The van der Waals surface area contributed by atoms with Crippen LogP contribution in [0, 0.1) is 13.8 Å². The molecule has 0 unspecified atom stereocenters. The average Bonchev–Trinajstić information content (AvgIpc) is 2.09. The summed E-state index contributed by atoms with van der Waals surface area (Å²) >= 11 is 0. The van der Waals surface area contributed by atoms with Gasteiger partial charge in [-0.05, 0) is 26.8 Å². The van der Waals surface area contributed by atoms with Crippen LogP contribution in [0.3, 0.4) is 0 Å². The van der Waals surface area contributed by atoms with Crippen LogP contribution >= 0.6 is 0 Å². The van der Waals surface area contributed by atoms with Crippen molar-refractivity contribution in [3.05, 3.63) is 23.2 Å². The van der Waals surface area contributed by atoms with E-state index in [4.69, 9.17) is 4.42 Å². The number of rotatable bonds is 2. The third-order valence-electron chi connectivity index (χ3n) is 1.58. The van der Waals surface area contributed by atoms with Gasteiger partial charge in [0, 0.05) is 12.0 Å². The van der Waals surface area contributed by atoms with Crippen LogP contribution in [0.4, 0.5) is 0 Å². The quantitative estimate of drug-likeness (QED) is 0.649. The van der Waals surface area contributed by atoms with E-state index in [1.165, 1.54) is 0 Å². The van der Waals surface area contributed by atoms with Gasteiger partial charge in [0.15, 0.2) is 0 Å². The van der Waals surface area contributed by atoms with Gasteiger partial charge in [0.05, 0.1) is 0 Å². The number of carbonyl (C=O) groups is 1. The monoisotopic (exact) mass is 152 g/mol. The van der Waals surface area contributed by atoms with Crippen LogP contribution in [0.5, 0.6) is 0 Å². The van der Waals surface area contributed by atoms with Gasteiger partial charge in [-0.15, -0.1) is 0 Å². The fourth-order valence-corrected chi connectivity index (χ4v) is 1.13. The molecule has 1 heterocycles. The number of furan rings is 1. The van der Waals surface area contributed by atoms with Crippen LogP contribution in [0.2, 0.25) is 0 Å². The van der Waals surface area contributed by atoms with E-state index in [-0.39, 0.29) is 5.78 Å². The van der Waals surface area contributed by atoms with Crippen molar-refractivity contribution < 1.29 is 9.21 Å². The van der Waals surface area contributed by atoms with Crippen molar-refractivity contribution in [1.29, 1.82) is 0 Å². The van der Waals surface area contributed by atoms with E-state index in [1.54, 1.807) is 6.92 Å². The van der Waals surface area contributed by atoms with E-state index in [2.05, 4.69) is 0 Å². The normalized spacial score (nSPS) is 10.1. The van der Waals surface area contributed by atoms with Crippen LogP contribution in [0.25, 0.3) is 0 Å². The van der Waals surface area contributed by atoms with Gasteiger partial charge >= 0.3 is 0 Å². The summed E-state index contributed by atoms with van der Waals surface area (Å²) in [5, 5.41) is 0. The second kappa shape index (κ2) is 2.91. The SMILES string of the molecule is CC(=O)Cc1cc(C)oc1C. The molecule has 0 radical (unpaired) electrons. The molecule has 11 heavy (non-hydrogen) atoms. The fourth-order valence-electron chi connectivity index (χ4n) is 1.13. The van der Waals surface area contributed by atoms with Crippen LogP contribution < -0.4 is 0 Å². The average molecular weight is 152 g/mol. The molecule has 0 bridgehead atoms. The second-order valence-electron chi connectivity index (χ2n) is 2.82. The first-order valence-electron chi connectivity index (χ1n) is 3.65. The summed E-state index contributed by atoms with van der Waals surface area (Å²) in [6.45, 7) is 5.35. The molecule has 0 N–H and O–H groups in total. The lowest BCUT2D eigenvalue weighted by atomic mass is 10.1. The lowest BCUT2D eigenvalue weighted by molar-refractivity contribution is -0.116. The van der Waals surface area contributed by atoms with Crippen molar-refractivity contribution >= 4 is 5.78 Å². The number of ketones is 1. The Morgan fingerprint density at radius 1 is 1.55 bits per heavy atom. The summed E-state index contributed by atoms with van der Waals surface area (Å²) in [6.07, 6.45) is 0.489. The Hall–Kier alpha value is -1.05. The zero-order valence-corrected chi connectivity index (χ0v) is 7.10. The molecule has 1 aromatic rings. The molecule has 0 atom stereocenters. The van der Waals surface area contributed by atoms with Crippen LogP contribution in [-0.2, 0) is 11.2 Å². The number of Topliss-reactive ketones (excluding diaryl/α,β-unsaturated/α-hetero) is 1. The summed E-state index contributed by atoms with van der Waals surface area (Å²) in [5.41, 5.74) is 1.01. The molecule has 2 nitrogen and oxygen atoms in total. The maximum atomic E-state index is 10.7. The first kappa shape index (κ1) is 8.05. The van der Waals surface area contributed by atoms with Gasteiger partial charge < -0.3 is 4.42 Å². The topological polar surface area (TPSA) is 30.2 Å². The number of hydrogen-bond acceptors (Lipinski definition) is 2. The smallest absolute Gasteiger partial charge is 0.134 e. The fraction of sp³-hybridized carbons (Fsp3) is 0.444. The first-order valence-corrected chi connectivity index (χ1v) is 3.65. The van der Waals surface area contributed by atoms with E-state index in [0.29, 0.717) is 6.42 Å². The number of hydrogen-bond donors (Lipinski definition) is 0. The van der Waals surface area contributed by atoms with Crippen molar-refractivity contribution in [1.82, 2.24) is 0 Å². The molecule has 1 aromatic heterocycles. The molecule has 2 heteroatoms. The summed E-state index contributed by atoms with van der Waals surface area (Å²) in [6, 6.07) is 1.91. The van der Waals surface area contributed by atoms with Gasteiger partial charge in [-0.1, -0.05) is 0 Å². The lowest BCUT2D eigenvalue weighted by Crippen LogP contribution is -1.95. The van der Waals surface area contributed by atoms with Crippen molar-refractivity contribution in [2.45, 2.75) is 27.2 Å². The lowest BCUT2D eigenvalue weighted by Gasteiger charge is -1.91. The molecule has 0 aliphatic heterocycles. The summed E-state index contributed by atoms with van der Waals surface area (Å²) < 4.78 is 5.26. The predicted octanol–water partition coefficient (Wildman–Crippen LogP) is 2.03. The van der Waals surface area contributed by atoms with E-state index in [9.17, 15) is 4.79 Å². The van der Waals surface area contributed by atoms with E-state index in [0.717, 1.165) is 17.1 Å². The van der Waals surface area contributed by atoms with E-state index < -0.39 is 0 Å². The Labute approximate surface area is 66.2 Å². The van der Waals surface area contributed by atoms with Crippen LogP contribution in [0.1, 0.15) is 24.0 Å². The molecule has 0 fully saturated rings. The summed E-state index contributed by atoms with van der Waals surface area (Å²) in [5.74, 6) is 1.91. The van der Waals surface area contributed by atoms with E-state index >= 15 is 0 Å². The second-order valence-corrected chi connectivity index (χ2v) is 2.82. The third-order valence-corrected chi connectivity index (χ3v) is 1.58. The predicted molar refractivity (Wildman–Crippen MR) is 42.6 cm³/mol. The molecule has 1 rings (SSSR count). The van der Waals surface area contributed by atoms with Crippen molar-refractivity contribution in [2.75, 3.05) is 0 Å². The highest BCUT2D eigenvalue weighted by atomic mass is 16.3. The van der Waals surface area contributed by atoms with Gasteiger partial charge in [-0.3, -0.25) is 4.79 Å². The maximum absolute atomic E-state index is 10.7. The zero-order chi connectivity index (χ0) is 8.43. The van der Waals surface area contributed by atoms with Gasteiger partial charge in [0.2, 0.25) is 0 Å². The Bertz CT molecular complexity index is 271. The first-order chi connectivity index (χ1) is 5.09. The molecular formula is C9H12O2. The molecule has 0 aliphatic carbocycles. The summed E-state index contributed by atoms with van der Waals surface area (Å²) in [4.78, 5) is 10.7. The molecular weight excluding hydrogens is 140 g/mol. The molecule has 60 valence electrons. The highest BCUT2D eigenvalue weighted by molar-refractivity contribution is 5.78. The standard InChI is InChI=1S/C9H12O2/c1-6(10)4-9-5-7(2)11-8(9)3/h5H,4H2,1-3H3. The van der Waals surface area contributed by atoms with Crippen molar-refractivity contribution in [3.8, 4) is 0 Å². The Balaban J connectivity index is 2.85. The summed E-state index contributed by atoms with van der Waals surface area (Å²) in [7, 11) is 0. The van der Waals surface area contributed by atoms with Crippen LogP contribution in [0.15, 0.2) is 10.5 Å². The highest BCUT2D eigenvalue weighted by Crippen LogP contribution is 2.13. The minimum absolute atomic E-state index is 0.175. The highest BCUT2D eigenvalue weighted by Gasteiger charge is 2.05. The molecule has 0 aliphatic rings. The number of aryl methyl sites for hydroxylation is 2. The van der Waals surface area contributed by atoms with Crippen LogP contribution in [-0.4, -0.2) is 5.78 Å². The Kier molecular flexibility index (Phi) is 2.13. The van der Waals surface area contributed by atoms with Gasteiger partial charge in [-0.2, -0.15) is 0 Å². The molecule has 0 saturated heterocycles. The van der Waals surface area contributed by atoms with Gasteiger partial charge in [0.25, 0.3) is 0 Å². The van der Waals surface area contributed by atoms with Crippen molar-refractivity contribution in [2.24, 2.45) is 0 Å². The molecule has 0 amide bonds. The minimum atomic E-state index is 0.175. The van der Waals surface area contributed by atoms with Crippen molar-refractivity contribution in [3.63, 3.8) is 0 Å². The zero-order valence-electron chi connectivity index (χ0n) is 7.10. The van der Waals surface area contributed by atoms with E-state index in [1.807, 2.05) is 19.9 Å². The number of carbonyl (C=O) groups excluding carboxylic acids is 1. The molecule has 0 spiro atoms. The largest absolute Gasteiger partial charge is 0.466 e. The van der Waals surface area contributed by atoms with Gasteiger partial charge in [-0.25, -0.2) is 0 Å². The minimum Gasteiger partial charge on any atom is -0.466 e. The maximum Gasteiger partial charge on any atom is 0.134 e. The Morgan fingerprint density at radius 2 is 2.18 bits per heavy atom. The molecule has 0 aromatic carbocycles. The Morgan fingerprint density at radius 3 is 2.55 bits per heavy atom.